The van der Waals surface area contributed by atoms with E-state index in [-0.39, 0.29) is 6.42 Å². The fourth-order valence-corrected chi connectivity index (χ4v) is 1.46. The first-order valence-electron chi connectivity index (χ1n) is 4.87. The van der Waals surface area contributed by atoms with Crippen LogP contribution >= 0.6 is 0 Å². The van der Waals surface area contributed by atoms with Gasteiger partial charge in [0.15, 0.2) is 0 Å². The molecule has 1 amide bonds. The molecule has 1 heterocycles. The van der Waals surface area contributed by atoms with Crippen LogP contribution in [0, 0.1) is 11.8 Å². The Hall–Kier alpha value is -2.34. The number of amides is 1. The molecular formula is C13H10N2O. The first-order chi connectivity index (χ1) is 7.77. The molecular weight excluding hydrogens is 200 g/mol. The maximum absolute atomic E-state index is 10.6. The van der Waals surface area contributed by atoms with Crippen molar-refractivity contribution >= 4 is 16.7 Å². The molecule has 1 aromatic heterocycles. The number of hydrogen-bond donors (Lipinski definition) is 1. The van der Waals surface area contributed by atoms with Gasteiger partial charge in [0.1, 0.15) is 0 Å². The van der Waals surface area contributed by atoms with Crippen LogP contribution in [-0.4, -0.2) is 10.9 Å². The second-order valence-electron chi connectivity index (χ2n) is 3.35. The smallest absolute Gasteiger partial charge is 0.229 e. The molecule has 0 spiro atoms. The predicted octanol–water partition coefficient (Wildman–Crippen LogP) is 1.46. The summed E-state index contributed by atoms with van der Waals surface area (Å²) in [5.74, 6) is 5.28. The molecule has 0 radical (unpaired) electrons. The molecule has 2 rings (SSSR count). The van der Waals surface area contributed by atoms with Crippen molar-refractivity contribution < 1.29 is 4.79 Å². The van der Waals surface area contributed by atoms with Gasteiger partial charge >= 0.3 is 0 Å². The zero-order valence-electron chi connectivity index (χ0n) is 8.60. The first-order valence-corrected chi connectivity index (χ1v) is 4.87. The average molecular weight is 210 g/mol. The predicted molar refractivity (Wildman–Crippen MR) is 62.4 cm³/mol. The zero-order valence-corrected chi connectivity index (χ0v) is 8.60. The van der Waals surface area contributed by atoms with Gasteiger partial charge in [0.2, 0.25) is 5.91 Å². The number of primary amides is 1. The molecule has 0 unspecified atom stereocenters. The maximum Gasteiger partial charge on any atom is 0.229 e. The Morgan fingerprint density at radius 3 is 3.06 bits per heavy atom. The SMILES string of the molecule is NC(=O)CC#Cc1cccc2cnccc12. The van der Waals surface area contributed by atoms with E-state index >= 15 is 0 Å². The van der Waals surface area contributed by atoms with Crippen molar-refractivity contribution in [3.05, 3.63) is 42.2 Å². The van der Waals surface area contributed by atoms with Gasteiger partial charge < -0.3 is 5.73 Å². The van der Waals surface area contributed by atoms with E-state index in [4.69, 9.17) is 5.73 Å². The third-order valence-electron chi connectivity index (χ3n) is 2.17. The van der Waals surface area contributed by atoms with Crippen LogP contribution in [-0.2, 0) is 4.79 Å². The molecule has 0 fully saturated rings. The quantitative estimate of drug-likeness (QED) is 0.724. The molecule has 0 aliphatic carbocycles. The normalized spacial score (nSPS) is 9.50. The highest BCUT2D eigenvalue weighted by Crippen LogP contribution is 2.16. The molecule has 0 atom stereocenters. The van der Waals surface area contributed by atoms with E-state index in [2.05, 4.69) is 16.8 Å². The molecule has 0 saturated carbocycles. The van der Waals surface area contributed by atoms with Crippen LogP contribution in [0.5, 0.6) is 0 Å². The van der Waals surface area contributed by atoms with E-state index in [1.807, 2.05) is 24.3 Å². The van der Waals surface area contributed by atoms with Gasteiger partial charge in [-0.05, 0) is 12.1 Å². The molecule has 3 heteroatoms. The molecule has 0 aliphatic heterocycles. The largest absolute Gasteiger partial charge is 0.369 e. The fraction of sp³-hybridized carbons (Fsp3) is 0.0769. The molecule has 0 bridgehead atoms. The molecule has 3 nitrogen and oxygen atoms in total. The van der Waals surface area contributed by atoms with E-state index in [9.17, 15) is 4.79 Å². The van der Waals surface area contributed by atoms with Crippen LogP contribution in [0.2, 0.25) is 0 Å². The number of aromatic nitrogens is 1. The van der Waals surface area contributed by atoms with Gasteiger partial charge in [-0.15, -0.1) is 0 Å². The topological polar surface area (TPSA) is 56.0 Å². The Morgan fingerprint density at radius 2 is 2.25 bits per heavy atom. The van der Waals surface area contributed by atoms with E-state index in [1.54, 1.807) is 12.4 Å². The summed E-state index contributed by atoms with van der Waals surface area (Å²) in [4.78, 5) is 14.6. The molecule has 1 aromatic carbocycles. The highest BCUT2D eigenvalue weighted by molar-refractivity contribution is 5.87. The van der Waals surface area contributed by atoms with Gasteiger partial charge in [-0.2, -0.15) is 0 Å². The van der Waals surface area contributed by atoms with E-state index in [0.29, 0.717) is 0 Å². The van der Waals surface area contributed by atoms with Crippen LogP contribution in [0.15, 0.2) is 36.7 Å². The van der Waals surface area contributed by atoms with E-state index in [0.717, 1.165) is 16.3 Å². The Bertz CT molecular complexity index is 588. The Labute approximate surface area is 93.3 Å². The summed E-state index contributed by atoms with van der Waals surface area (Å²) in [6, 6.07) is 7.71. The van der Waals surface area contributed by atoms with Crippen LogP contribution in [0.25, 0.3) is 10.8 Å². The number of carbonyl (C=O) groups is 1. The lowest BCUT2D eigenvalue weighted by Gasteiger charge is -1.98. The van der Waals surface area contributed by atoms with Crippen molar-refractivity contribution in [1.82, 2.24) is 4.98 Å². The summed E-state index contributed by atoms with van der Waals surface area (Å²) < 4.78 is 0. The molecule has 78 valence electrons. The summed E-state index contributed by atoms with van der Waals surface area (Å²) in [5.41, 5.74) is 5.91. The van der Waals surface area contributed by atoms with Gasteiger partial charge in [-0.1, -0.05) is 24.0 Å². The number of nitrogens with two attached hydrogens (primary N) is 1. The lowest BCUT2D eigenvalue weighted by Crippen LogP contribution is -2.08. The molecule has 2 N–H and O–H groups in total. The zero-order chi connectivity index (χ0) is 11.4. The summed E-state index contributed by atoms with van der Waals surface area (Å²) in [5, 5.41) is 2.07. The summed E-state index contributed by atoms with van der Waals surface area (Å²) in [6.45, 7) is 0. The highest BCUT2D eigenvalue weighted by atomic mass is 16.1. The molecule has 16 heavy (non-hydrogen) atoms. The van der Waals surface area contributed by atoms with Crippen molar-refractivity contribution in [3.63, 3.8) is 0 Å². The first kappa shape index (κ1) is 10.2. The van der Waals surface area contributed by atoms with E-state index in [1.165, 1.54) is 0 Å². The van der Waals surface area contributed by atoms with Crippen molar-refractivity contribution in [2.45, 2.75) is 6.42 Å². The Morgan fingerprint density at radius 1 is 1.38 bits per heavy atom. The van der Waals surface area contributed by atoms with Gasteiger partial charge in [-0.25, -0.2) is 0 Å². The Balaban J connectivity index is 2.43. The van der Waals surface area contributed by atoms with Gasteiger partial charge in [-0.3, -0.25) is 9.78 Å². The number of fused-ring (bicyclic) bond motifs is 1. The number of carbonyl (C=O) groups excluding carboxylic acids is 1. The minimum absolute atomic E-state index is 0.0848. The number of hydrogen-bond acceptors (Lipinski definition) is 2. The van der Waals surface area contributed by atoms with Gasteiger partial charge in [0, 0.05) is 28.7 Å². The van der Waals surface area contributed by atoms with Crippen LogP contribution in [0.1, 0.15) is 12.0 Å². The third kappa shape index (κ3) is 2.18. The number of nitrogens with zero attached hydrogens (tertiary/aromatic N) is 1. The van der Waals surface area contributed by atoms with Crippen molar-refractivity contribution in [3.8, 4) is 11.8 Å². The number of rotatable bonds is 1. The van der Waals surface area contributed by atoms with Gasteiger partial charge in [0.05, 0.1) is 6.42 Å². The van der Waals surface area contributed by atoms with Crippen molar-refractivity contribution in [1.29, 1.82) is 0 Å². The van der Waals surface area contributed by atoms with Crippen LogP contribution < -0.4 is 5.73 Å². The Kier molecular flexibility index (Phi) is 2.84. The summed E-state index contributed by atoms with van der Waals surface area (Å²) in [6.07, 6.45) is 3.59. The lowest BCUT2D eigenvalue weighted by molar-refractivity contribution is -0.117. The average Bonchev–Trinajstić information content (AvgIpc) is 2.29. The van der Waals surface area contributed by atoms with Crippen LogP contribution in [0.3, 0.4) is 0 Å². The minimum Gasteiger partial charge on any atom is -0.369 e. The number of benzene rings is 1. The third-order valence-corrected chi connectivity index (χ3v) is 2.17. The maximum atomic E-state index is 10.6. The second kappa shape index (κ2) is 4.45. The minimum atomic E-state index is -0.408. The molecule has 0 saturated heterocycles. The summed E-state index contributed by atoms with van der Waals surface area (Å²) >= 11 is 0. The van der Waals surface area contributed by atoms with Crippen molar-refractivity contribution in [2.75, 3.05) is 0 Å². The molecule has 0 aliphatic rings. The molecule has 2 aromatic rings. The van der Waals surface area contributed by atoms with Crippen LogP contribution in [0.4, 0.5) is 0 Å². The monoisotopic (exact) mass is 210 g/mol. The van der Waals surface area contributed by atoms with Crippen molar-refractivity contribution in [2.24, 2.45) is 5.73 Å². The fourth-order valence-electron chi connectivity index (χ4n) is 1.46. The summed E-state index contributed by atoms with van der Waals surface area (Å²) in [7, 11) is 0. The highest BCUT2D eigenvalue weighted by Gasteiger charge is 1.96. The number of pyridine rings is 1. The lowest BCUT2D eigenvalue weighted by atomic mass is 10.1. The van der Waals surface area contributed by atoms with E-state index < -0.39 is 5.91 Å². The van der Waals surface area contributed by atoms with Gasteiger partial charge in [0.25, 0.3) is 0 Å². The second-order valence-corrected chi connectivity index (χ2v) is 3.35. The standard InChI is InChI=1S/C13H10N2O/c14-13(16)6-2-4-10-3-1-5-11-9-15-8-7-12(10)11/h1,3,5,7-9H,6H2,(H2,14,16).